The van der Waals surface area contributed by atoms with Crippen molar-refractivity contribution in [3.8, 4) is 5.75 Å². The lowest BCUT2D eigenvalue weighted by Gasteiger charge is -2.30. The molecule has 1 heterocycles. The highest BCUT2D eigenvalue weighted by Gasteiger charge is 2.22. The Balaban J connectivity index is 2.47. The minimum Gasteiger partial charge on any atom is -0.506 e. The monoisotopic (exact) mass is 272 g/mol. The number of aromatic nitrogens is 1. The number of nitrogens with zero attached hydrogens (tertiary/aromatic N) is 2. The molecule has 0 fully saturated rings. The third kappa shape index (κ3) is 2.59. The minimum absolute atomic E-state index is 0.0952. The molecule has 0 aliphatic heterocycles. The van der Waals surface area contributed by atoms with Gasteiger partial charge < -0.3 is 10.0 Å². The summed E-state index contributed by atoms with van der Waals surface area (Å²) in [6, 6.07) is 8.92. The van der Waals surface area contributed by atoms with E-state index in [4.69, 9.17) is 0 Å². The van der Waals surface area contributed by atoms with Crippen LogP contribution in [0.5, 0.6) is 5.75 Å². The van der Waals surface area contributed by atoms with Crippen molar-refractivity contribution in [3.05, 3.63) is 36.0 Å². The van der Waals surface area contributed by atoms with Crippen molar-refractivity contribution in [2.24, 2.45) is 0 Å². The summed E-state index contributed by atoms with van der Waals surface area (Å²) in [6.07, 6.45) is 0. The molecule has 0 radical (unpaired) electrons. The van der Waals surface area contributed by atoms with Crippen molar-refractivity contribution in [3.63, 3.8) is 0 Å². The highest BCUT2D eigenvalue weighted by molar-refractivity contribution is 5.96. The summed E-state index contributed by atoms with van der Waals surface area (Å²) in [5.74, 6) is -0.0158. The quantitative estimate of drug-likeness (QED) is 0.933. The van der Waals surface area contributed by atoms with Gasteiger partial charge in [0.1, 0.15) is 17.0 Å². The third-order valence-electron chi connectivity index (χ3n) is 3.27. The molecule has 0 aliphatic carbocycles. The Bertz CT molecular complexity index is 627. The lowest BCUT2D eigenvalue weighted by atomic mass is 10.1. The average molecular weight is 272 g/mol. The summed E-state index contributed by atoms with van der Waals surface area (Å²) < 4.78 is 0. The van der Waals surface area contributed by atoms with Gasteiger partial charge >= 0.3 is 0 Å². The maximum absolute atomic E-state index is 12.6. The Morgan fingerprint density at radius 3 is 2.35 bits per heavy atom. The summed E-state index contributed by atoms with van der Waals surface area (Å²) in [5.41, 5.74) is 0.826. The summed E-state index contributed by atoms with van der Waals surface area (Å²) in [5, 5.41) is 10.7. The van der Waals surface area contributed by atoms with Crippen LogP contribution >= 0.6 is 0 Å². The molecular weight excluding hydrogens is 252 g/mol. The van der Waals surface area contributed by atoms with Crippen LogP contribution in [0.1, 0.15) is 38.2 Å². The van der Waals surface area contributed by atoms with Gasteiger partial charge in [-0.05, 0) is 39.8 Å². The fourth-order valence-corrected chi connectivity index (χ4v) is 2.45. The van der Waals surface area contributed by atoms with Crippen LogP contribution in [0.3, 0.4) is 0 Å². The maximum atomic E-state index is 12.6. The molecule has 1 aromatic carbocycles. The van der Waals surface area contributed by atoms with Gasteiger partial charge in [0, 0.05) is 17.5 Å². The Morgan fingerprint density at radius 1 is 1.10 bits per heavy atom. The molecule has 106 valence electrons. The predicted molar refractivity (Wildman–Crippen MR) is 79.8 cm³/mol. The minimum atomic E-state index is -0.111. The van der Waals surface area contributed by atoms with Crippen molar-refractivity contribution >= 4 is 16.8 Å². The number of pyridine rings is 1. The number of fused-ring (bicyclic) bond motifs is 1. The molecule has 0 aliphatic rings. The van der Waals surface area contributed by atoms with Gasteiger partial charge in [0.05, 0.1) is 0 Å². The van der Waals surface area contributed by atoms with Gasteiger partial charge in [0.15, 0.2) is 0 Å². The second-order valence-electron chi connectivity index (χ2n) is 5.45. The smallest absolute Gasteiger partial charge is 0.272 e. The first-order valence-corrected chi connectivity index (χ1v) is 6.83. The van der Waals surface area contributed by atoms with Gasteiger partial charge in [-0.1, -0.05) is 18.2 Å². The lowest BCUT2D eigenvalue weighted by Crippen LogP contribution is -2.42. The van der Waals surface area contributed by atoms with E-state index in [1.54, 1.807) is 23.1 Å². The van der Waals surface area contributed by atoms with Gasteiger partial charge in [0.25, 0.3) is 5.91 Å². The van der Waals surface area contributed by atoms with E-state index in [0.29, 0.717) is 11.2 Å². The van der Waals surface area contributed by atoms with Crippen LogP contribution in [0.25, 0.3) is 10.9 Å². The number of phenolic OH excluding ortho intramolecular Hbond substituents is 1. The largest absolute Gasteiger partial charge is 0.506 e. The standard InChI is InChI=1S/C16H20N2O2/c1-10(2)18(11(3)4)16(20)13-9-8-12-6-5-7-14(19)15(12)17-13/h5-11,19H,1-4H3. The normalized spacial score (nSPS) is 11.3. The van der Waals surface area contributed by atoms with Gasteiger partial charge in [-0.25, -0.2) is 4.98 Å². The van der Waals surface area contributed by atoms with E-state index in [0.717, 1.165) is 5.39 Å². The molecule has 0 atom stereocenters. The molecular formula is C16H20N2O2. The second-order valence-corrected chi connectivity index (χ2v) is 5.45. The van der Waals surface area contributed by atoms with Crippen LogP contribution in [0.2, 0.25) is 0 Å². The zero-order valence-electron chi connectivity index (χ0n) is 12.3. The van der Waals surface area contributed by atoms with Crippen LogP contribution in [-0.4, -0.2) is 33.0 Å². The first-order chi connectivity index (χ1) is 9.41. The van der Waals surface area contributed by atoms with Crippen LogP contribution in [0.4, 0.5) is 0 Å². The zero-order valence-corrected chi connectivity index (χ0v) is 12.3. The Labute approximate surface area is 119 Å². The van der Waals surface area contributed by atoms with Gasteiger partial charge in [0.2, 0.25) is 0 Å². The molecule has 2 aromatic rings. The number of benzene rings is 1. The van der Waals surface area contributed by atoms with E-state index in [1.807, 2.05) is 39.8 Å². The topological polar surface area (TPSA) is 53.4 Å². The van der Waals surface area contributed by atoms with Crippen molar-refractivity contribution in [1.82, 2.24) is 9.88 Å². The second kappa shape index (κ2) is 5.49. The first kappa shape index (κ1) is 14.3. The highest BCUT2D eigenvalue weighted by Crippen LogP contribution is 2.23. The Hall–Kier alpha value is -2.10. The molecule has 1 aromatic heterocycles. The van der Waals surface area contributed by atoms with E-state index >= 15 is 0 Å². The summed E-state index contributed by atoms with van der Waals surface area (Å²) in [4.78, 5) is 18.7. The molecule has 1 N–H and O–H groups in total. The molecule has 0 saturated heterocycles. The fraction of sp³-hybridized carbons (Fsp3) is 0.375. The molecule has 0 spiro atoms. The van der Waals surface area contributed by atoms with Crippen LogP contribution in [0.15, 0.2) is 30.3 Å². The Morgan fingerprint density at radius 2 is 1.75 bits per heavy atom. The number of carbonyl (C=O) groups is 1. The average Bonchev–Trinajstić information content (AvgIpc) is 2.38. The molecule has 0 bridgehead atoms. The summed E-state index contributed by atoms with van der Waals surface area (Å²) in [7, 11) is 0. The van der Waals surface area contributed by atoms with Crippen molar-refractivity contribution < 1.29 is 9.90 Å². The highest BCUT2D eigenvalue weighted by atomic mass is 16.3. The summed E-state index contributed by atoms with van der Waals surface area (Å²) >= 11 is 0. The zero-order chi connectivity index (χ0) is 14.9. The number of aromatic hydroxyl groups is 1. The lowest BCUT2D eigenvalue weighted by molar-refractivity contribution is 0.0638. The SMILES string of the molecule is CC(C)N(C(=O)c1ccc2cccc(O)c2n1)C(C)C. The molecule has 4 heteroatoms. The van der Waals surface area contributed by atoms with Crippen LogP contribution in [-0.2, 0) is 0 Å². The number of rotatable bonds is 3. The first-order valence-electron chi connectivity index (χ1n) is 6.83. The molecule has 1 amide bonds. The van der Waals surface area contributed by atoms with Crippen molar-refractivity contribution in [1.29, 1.82) is 0 Å². The molecule has 2 rings (SSSR count). The number of phenols is 1. The van der Waals surface area contributed by atoms with Gasteiger partial charge in [-0.3, -0.25) is 4.79 Å². The van der Waals surface area contributed by atoms with E-state index in [9.17, 15) is 9.90 Å². The van der Waals surface area contributed by atoms with Crippen molar-refractivity contribution in [2.45, 2.75) is 39.8 Å². The number of carbonyl (C=O) groups excluding carboxylic acids is 1. The van der Waals surface area contributed by atoms with Crippen LogP contribution in [0, 0.1) is 0 Å². The Kier molecular flexibility index (Phi) is 3.93. The maximum Gasteiger partial charge on any atom is 0.272 e. The van der Waals surface area contributed by atoms with E-state index in [2.05, 4.69) is 4.98 Å². The number of hydrogen-bond acceptors (Lipinski definition) is 3. The number of para-hydroxylation sites is 1. The molecule has 0 saturated carbocycles. The van der Waals surface area contributed by atoms with E-state index < -0.39 is 0 Å². The van der Waals surface area contributed by atoms with E-state index in [-0.39, 0.29) is 23.7 Å². The fourth-order valence-electron chi connectivity index (χ4n) is 2.45. The predicted octanol–water partition coefficient (Wildman–Crippen LogP) is 3.20. The molecule has 4 nitrogen and oxygen atoms in total. The van der Waals surface area contributed by atoms with Crippen molar-refractivity contribution in [2.75, 3.05) is 0 Å². The summed E-state index contributed by atoms with van der Waals surface area (Å²) in [6.45, 7) is 7.93. The van der Waals surface area contributed by atoms with Gasteiger partial charge in [-0.2, -0.15) is 0 Å². The molecule has 20 heavy (non-hydrogen) atoms. The number of amides is 1. The molecule has 0 unspecified atom stereocenters. The van der Waals surface area contributed by atoms with E-state index in [1.165, 1.54) is 0 Å². The number of hydrogen-bond donors (Lipinski definition) is 1. The van der Waals surface area contributed by atoms with Gasteiger partial charge in [-0.15, -0.1) is 0 Å². The van der Waals surface area contributed by atoms with Crippen LogP contribution < -0.4 is 0 Å². The third-order valence-corrected chi connectivity index (χ3v) is 3.27.